The first-order valence-electron chi connectivity index (χ1n) is 5.42. The number of aliphatic hydroxyl groups is 1. The minimum absolute atomic E-state index is 0.183. The van der Waals surface area contributed by atoms with E-state index in [1.165, 1.54) is 4.31 Å². The third-order valence-corrected chi connectivity index (χ3v) is 4.40. The molecule has 1 heterocycles. The van der Waals surface area contributed by atoms with Gasteiger partial charge < -0.3 is 15.2 Å². The molecule has 1 fully saturated rings. The molecule has 0 radical (unpaired) electrons. The van der Waals surface area contributed by atoms with Gasteiger partial charge in [-0.15, -0.1) is 0 Å². The van der Waals surface area contributed by atoms with Gasteiger partial charge in [0.15, 0.2) is 0 Å². The largest absolute Gasteiger partial charge is 0.390 e. The fourth-order valence-corrected chi connectivity index (χ4v) is 3.20. The summed E-state index contributed by atoms with van der Waals surface area (Å²) in [6.45, 7) is 2.32. The highest BCUT2D eigenvalue weighted by Crippen LogP contribution is 2.13. The third-order valence-electron chi connectivity index (χ3n) is 2.48. The Morgan fingerprint density at radius 3 is 2.88 bits per heavy atom. The quantitative estimate of drug-likeness (QED) is 0.546. The number of nitrogens with zero attached hydrogens (tertiary/aromatic N) is 1. The number of sulfonamides is 1. The Morgan fingerprint density at radius 1 is 1.56 bits per heavy atom. The molecular weight excluding hydrogens is 232 g/mol. The first kappa shape index (κ1) is 13.9. The Balaban J connectivity index is 2.21. The van der Waals surface area contributed by atoms with Crippen molar-refractivity contribution in [3.05, 3.63) is 0 Å². The van der Waals surface area contributed by atoms with E-state index in [9.17, 15) is 13.5 Å². The Bertz CT molecular complexity index is 294. The zero-order chi connectivity index (χ0) is 12.0. The predicted molar refractivity (Wildman–Crippen MR) is 60.7 cm³/mol. The second-order valence-corrected chi connectivity index (χ2v) is 5.97. The van der Waals surface area contributed by atoms with E-state index < -0.39 is 16.1 Å². The molecule has 1 aliphatic heterocycles. The summed E-state index contributed by atoms with van der Waals surface area (Å²) in [7, 11) is -1.49. The van der Waals surface area contributed by atoms with Gasteiger partial charge in [-0.25, -0.2) is 8.42 Å². The lowest BCUT2D eigenvalue weighted by atomic mass is 10.3. The monoisotopic (exact) mass is 252 g/mol. The lowest BCUT2D eigenvalue weighted by Gasteiger charge is -2.18. The van der Waals surface area contributed by atoms with E-state index in [0.29, 0.717) is 32.7 Å². The number of methoxy groups -OCH3 is 1. The molecule has 0 amide bonds. The maximum atomic E-state index is 11.4. The SMILES string of the molecule is COCCNCC(O)CN1CCCS1(=O)=O. The van der Waals surface area contributed by atoms with Gasteiger partial charge in [-0.05, 0) is 6.42 Å². The standard InChI is InChI=1S/C9H20N2O4S/c1-15-5-3-10-7-9(12)8-11-4-2-6-16(11,13)14/h9-10,12H,2-8H2,1H3. The van der Waals surface area contributed by atoms with Gasteiger partial charge in [-0.1, -0.05) is 0 Å². The van der Waals surface area contributed by atoms with E-state index in [-0.39, 0.29) is 12.3 Å². The second kappa shape index (κ2) is 6.51. The van der Waals surface area contributed by atoms with Crippen LogP contribution in [0.4, 0.5) is 0 Å². The molecule has 7 heteroatoms. The number of nitrogens with one attached hydrogen (secondary N) is 1. The molecule has 1 saturated heterocycles. The van der Waals surface area contributed by atoms with Crippen LogP contribution >= 0.6 is 0 Å². The highest BCUT2D eigenvalue weighted by Gasteiger charge is 2.29. The molecule has 1 unspecified atom stereocenters. The molecule has 0 aliphatic carbocycles. The number of hydrogen-bond donors (Lipinski definition) is 2. The highest BCUT2D eigenvalue weighted by molar-refractivity contribution is 7.89. The molecule has 0 spiro atoms. The maximum Gasteiger partial charge on any atom is 0.214 e. The van der Waals surface area contributed by atoms with Gasteiger partial charge in [0.1, 0.15) is 0 Å². The summed E-state index contributed by atoms with van der Waals surface area (Å²) >= 11 is 0. The van der Waals surface area contributed by atoms with Crippen molar-refractivity contribution in [3.8, 4) is 0 Å². The topological polar surface area (TPSA) is 78.9 Å². The van der Waals surface area contributed by atoms with E-state index in [1.807, 2.05) is 0 Å². The van der Waals surface area contributed by atoms with Crippen molar-refractivity contribution in [1.82, 2.24) is 9.62 Å². The van der Waals surface area contributed by atoms with Crippen molar-refractivity contribution in [2.45, 2.75) is 12.5 Å². The first-order valence-corrected chi connectivity index (χ1v) is 7.02. The Kier molecular flexibility index (Phi) is 5.63. The van der Waals surface area contributed by atoms with Crippen LogP contribution in [0.5, 0.6) is 0 Å². The maximum absolute atomic E-state index is 11.4. The van der Waals surface area contributed by atoms with Crippen molar-refractivity contribution in [3.63, 3.8) is 0 Å². The normalized spacial score (nSPS) is 22.4. The summed E-state index contributed by atoms with van der Waals surface area (Å²) in [6, 6.07) is 0. The molecule has 0 aromatic rings. The number of ether oxygens (including phenoxy) is 1. The minimum atomic E-state index is -3.10. The number of β-amino-alcohol motifs (C(OH)–C–C–N with tert-alkyl or cyclic N) is 1. The molecule has 1 atom stereocenters. The number of hydrogen-bond acceptors (Lipinski definition) is 5. The number of rotatable bonds is 7. The zero-order valence-corrected chi connectivity index (χ0v) is 10.4. The van der Waals surface area contributed by atoms with Crippen LogP contribution in [0.3, 0.4) is 0 Å². The summed E-state index contributed by atoms with van der Waals surface area (Å²) in [6.07, 6.45) is -0.00340. The van der Waals surface area contributed by atoms with E-state index in [2.05, 4.69) is 5.32 Å². The average molecular weight is 252 g/mol. The Hall–Kier alpha value is -0.210. The van der Waals surface area contributed by atoms with Gasteiger partial charge in [-0.3, -0.25) is 0 Å². The van der Waals surface area contributed by atoms with Gasteiger partial charge in [0.2, 0.25) is 10.0 Å². The van der Waals surface area contributed by atoms with E-state index in [0.717, 1.165) is 0 Å². The van der Waals surface area contributed by atoms with Crippen molar-refractivity contribution in [1.29, 1.82) is 0 Å². The fourth-order valence-electron chi connectivity index (χ4n) is 1.64. The summed E-state index contributed by atoms with van der Waals surface area (Å²) in [5.74, 6) is 0.205. The van der Waals surface area contributed by atoms with Gasteiger partial charge in [-0.2, -0.15) is 4.31 Å². The van der Waals surface area contributed by atoms with Gasteiger partial charge >= 0.3 is 0 Å². The molecular formula is C9H20N2O4S. The van der Waals surface area contributed by atoms with Crippen molar-refractivity contribution in [2.75, 3.05) is 45.6 Å². The lowest BCUT2D eigenvalue weighted by molar-refractivity contribution is 0.139. The smallest absolute Gasteiger partial charge is 0.214 e. The van der Waals surface area contributed by atoms with Gasteiger partial charge in [0.05, 0.1) is 18.5 Å². The highest BCUT2D eigenvalue weighted by atomic mass is 32.2. The van der Waals surface area contributed by atoms with E-state index in [4.69, 9.17) is 4.74 Å². The van der Waals surface area contributed by atoms with E-state index >= 15 is 0 Å². The van der Waals surface area contributed by atoms with Crippen LogP contribution in [-0.4, -0.2) is 69.6 Å². The molecule has 0 aromatic heterocycles. The molecule has 96 valence electrons. The Morgan fingerprint density at radius 2 is 2.31 bits per heavy atom. The zero-order valence-electron chi connectivity index (χ0n) is 9.55. The molecule has 1 aliphatic rings. The van der Waals surface area contributed by atoms with Crippen LogP contribution in [0.1, 0.15) is 6.42 Å². The summed E-state index contributed by atoms with van der Waals surface area (Å²) in [5, 5.41) is 12.6. The minimum Gasteiger partial charge on any atom is -0.390 e. The van der Waals surface area contributed by atoms with Crippen molar-refractivity contribution >= 4 is 10.0 Å². The van der Waals surface area contributed by atoms with Crippen LogP contribution in [0.15, 0.2) is 0 Å². The molecule has 2 N–H and O–H groups in total. The molecule has 0 saturated carbocycles. The molecule has 0 aromatic carbocycles. The fraction of sp³-hybridized carbons (Fsp3) is 1.00. The summed E-state index contributed by atoms with van der Waals surface area (Å²) in [4.78, 5) is 0. The van der Waals surface area contributed by atoms with Crippen LogP contribution in [0.25, 0.3) is 0 Å². The van der Waals surface area contributed by atoms with Crippen LogP contribution in [0.2, 0.25) is 0 Å². The summed E-state index contributed by atoms with van der Waals surface area (Å²) < 4.78 is 29.1. The molecule has 0 bridgehead atoms. The van der Waals surface area contributed by atoms with Crippen LogP contribution in [0, 0.1) is 0 Å². The van der Waals surface area contributed by atoms with Crippen molar-refractivity contribution in [2.24, 2.45) is 0 Å². The Labute approximate surface area is 96.6 Å². The lowest BCUT2D eigenvalue weighted by Crippen LogP contribution is -2.39. The summed E-state index contributed by atoms with van der Waals surface area (Å²) in [5.41, 5.74) is 0. The first-order chi connectivity index (χ1) is 7.56. The van der Waals surface area contributed by atoms with E-state index in [1.54, 1.807) is 7.11 Å². The van der Waals surface area contributed by atoms with Gasteiger partial charge in [0, 0.05) is 33.3 Å². The third kappa shape index (κ3) is 4.34. The second-order valence-electron chi connectivity index (χ2n) is 3.88. The van der Waals surface area contributed by atoms with Gasteiger partial charge in [0.25, 0.3) is 0 Å². The van der Waals surface area contributed by atoms with Crippen molar-refractivity contribution < 1.29 is 18.3 Å². The van der Waals surface area contributed by atoms with Crippen LogP contribution in [-0.2, 0) is 14.8 Å². The number of aliphatic hydroxyl groups excluding tert-OH is 1. The predicted octanol–water partition coefficient (Wildman–Crippen LogP) is -1.38. The van der Waals surface area contributed by atoms with Crippen LogP contribution < -0.4 is 5.32 Å². The molecule has 16 heavy (non-hydrogen) atoms. The molecule has 1 rings (SSSR count). The molecule has 6 nitrogen and oxygen atoms in total. The average Bonchev–Trinajstić information content (AvgIpc) is 2.53.